The zero-order valence-electron chi connectivity index (χ0n) is 63.7. The van der Waals surface area contributed by atoms with Crippen LogP contribution in [-0.2, 0) is 74.0 Å². The molecule has 28 nitrogen and oxygen atoms in total. The van der Waals surface area contributed by atoms with E-state index < -0.39 is 45.0 Å². The number of aromatic nitrogens is 20. The average molecular weight is 1570 g/mol. The van der Waals surface area contributed by atoms with Crippen LogP contribution in [-0.4, -0.2) is 98.2 Å². The third-order valence-corrected chi connectivity index (χ3v) is 24.1. The van der Waals surface area contributed by atoms with Gasteiger partial charge in [0.15, 0.2) is 0 Å². The first-order valence-electron chi connectivity index (χ1n) is 38.9. The fourth-order valence-electron chi connectivity index (χ4n) is 19.0. The van der Waals surface area contributed by atoms with E-state index in [4.69, 9.17) is 0 Å². The Labute approximate surface area is 670 Å². The summed E-state index contributed by atoms with van der Waals surface area (Å²) in [5.74, 6) is 0. The zero-order valence-corrected chi connectivity index (χ0v) is 63.7. The van der Waals surface area contributed by atoms with Gasteiger partial charge in [-0.1, -0.05) is 215 Å². The molecule has 0 saturated heterocycles. The Morgan fingerprint density at radius 2 is 0.407 bits per heavy atom. The van der Waals surface area contributed by atoms with Crippen molar-refractivity contribution in [1.82, 2.24) is 98.2 Å². The molecule has 0 unspecified atom stereocenters. The molecule has 4 N–H and O–H groups in total. The van der Waals surface area contributed by atoms with E-state index in [9.17, 15) is 38.4 Å². The molecule has 584 valence electrons. The van der Waals surface area contributed by atoms with Crippen molar-refractivity contribution >= 4 is 0 Å². The number of hydrogen-bond donors (Lipinski definition) is 4. The van der Waals surface area contributed by atoms with E-state index in [1.54, 1.807) is 0 Å². The lowest BCUT2D eigenvalue weighted by Crippen LogP contribution is -2.67. The summed E-state index contributed by atoms with van der Waals surface area (Å²) in [5, 5.41) is 36.3. The Hall–Kier alpha value is -15.0. The molecule has 4 fully saturated rings. The summed E-state index contributed by atoms with van der Waals surface area (Å²) in [6, 6.07) is 73.9. The van der Waals surface area contributed by atoms with Crippen LogP contribution in [0.5, 0.6) is 0 Å². The maximum atomic E-state index is 12.6. The van der Waals surface area contributed by atoms with Gasteiger partial charge in [0.25, 0.3) is 22.2 Å². The molecule has 0 amide bonds. The number of benzene rings is 8. The van der Waals surface area contributed by atoms with Gasteiger partial charge >= 0.3 is 22.8 Å². The van der Waals surface area contributed by atoms with Gasteiger partial charge in [-0.15, -0.1) is 20.4 Å². The summed E-state index contributed by atoms with van der Waals surface area (Å²) in [5.41, 5.74) is 14.7. The van der Waals surface area contributed by atoms with Gasteiger partial charge in [0.1, 0.15) is 0 Å². The van der Waals surface area contributed by atoms with Crippen LogP contribution in [0.15, 0.2) is 306 Å². The second-order valence-corrected chi connectivity index (χ2v) is 31.8. The zero-order chi connectivity index (χ0) is 80.3. The number of rotatable bonds is 24. The summed E-state index contributed by atoms with van der Waals surface area (Å²) in [6.07, 6.45) is 18.5. The normalized spacial score (nSPS) is 18.0. The molecule has 8 aromatic heterocycles. The van der Waals surface area contributed by atoms with Crippen molar-refractivity contribution in [3.63, 3.8) is 0 Å². The Bertz CT molecular complexity index is 6090. The molecular weight excluding hydrogens is 1490 g/mol. The number of hydrogen-bond acceptors (Lipinski definition) is 16. The smallest absolute Gasteiger partial charge is 0.296 e. The van der Waals surface area contributed by atoms with Crippen molar-refractivity contribution in [1.29, 1.82) is 0 Å². The largest absolute Gasteiger partial charge is 0.328 e. The molecule has 28 heteroatoms. The van der Waals surface area contributed by atoms with Crippen molar-refractivity contribution in [3.8, 4) is 45.0 Å². The lowest BCUT2D eigenvalue weighted by molar-refractivity contribution is -0.0691. The molecular formula is C90H76N20O8. The maximum Gasteiger partial charge on any atom is 0.328 e. The number of nitrogens with one attached hydrogen (secondary N) is 4. The predicted molar refractivity (Wildman–Crippen MR) is 440 cm³/mol. The average Bonchev–Trinajstić information content (AvgIpc) is 0.790. The van der Waals surface area contributed by atoms with Crippen molar-refractivity contribution in [3.05, 3.63) is 418 Å². The second-order valence-electron chi connectivity index (χ2n) is 31.8. The monoisotopic (exact) mass is 1560 g/mol. The van der Waals surface area contributed by atoms with Gasteiger partial charge in [-0.2, -0.15) is 0 Å². The summed E-state index contributed by atoms with van der Waals surface area (Å²) in [4.78, 5) is 107. The van der Waals surface area contributed by atoms with Crippen LogP contribution in [0.25, 0.3) is 45.0 Å². The summed E-state index contributed by atoms with van der Waals surface area (Å²) in [6.45, 7) is 2.98. The Kier molecular flexibility index (Phi) is 18.5. The van der Waals surface area contributed by atoms with E-state index in [1.165, 1.54) is 89.6 Å². The quantitative estimate of drug-likeness (QED) is 0.0438. The maximum absolute atomic E-state index is 12.6. The van der Waals surface area contributed by atoms with Crippen molar-refractivity contribution in [2.75, 3.05) is 0 Å². The SMILES string of the molecule is O=c1ccn(Cc2ccc(Cn3nncc3-c3ccc(C45CC6(c7ccc(-c8cnnn8Cc8ccc(Cn9ccc(=O)[nH]c9=O)cc8)cc7)CC(c7ccc(-c8cnnn8Cc8ccc(Cn9ccc(=O)[nH]c9=O)cc8)cc7)(C4)CC(c4ccc(-c7cnnn7Cc7ccc(Cn8ccc(=O)[nH]c8=O)cc7)cc4)(C5)C6)cc3)cc2)c(=O)[nH]1. The third kappa shape index (κ3) is 14.4. The molecule has 0 atom stereocenters. The van der Waals surface area contributed by atoms with Gasteiger partial charge in [-0.3, -0.25) is 57.4 Å². The van der Waals surface area contributed by atoms with Gasteiger partial charge in [-0.05, 0) is 127 Å². The number of aromatic amines is 4. The Morgan fingerprint density at radius 1 is 0.229 bits per heavy atom. The molecule has 0 radical (unpaired) electrons. The van der Waals surface area contributed by atoms with Gasteiger partial charge in [0.2, 0.25) is 0 Å². The predicted octanol–water partition coefficient (Wildman–Crippen LogP) is 8.94. The Morgan fingerprint density at radius 3 is 0.585 bits per heavy atom. The van der Waals surface area contributed by atoms with Gasteiger partial charge < -0.3 is 0 Å². The fraction of sp³-hybridized carbons (Fsp3) is 0.200. The minimum atomic E-state index is -0.471. The van der Waals surface area contributed by atoms with E-state index in [1.807, 2.05) is 141 Å². The number of H-pyrrole nitrogens is 4. The first-order chi connectivity index (χ1) is 57.4. The van der Waals surface area contributed by atoms with Crippen LogP contribution in [0.4, 0.5) is 0 Å². The topological polar surface area (TPSA) is 342 Å². The molecule has 8 aromatic carbocycles. The van der Waals surface area contributed by atoms with Crippen LogP contribution < -0.4 is 45.0 Å². The molecule has 0 aliphatic heterocycles. The molecule has 118 heavy (non-hydrogen) atoms. The van der Waals surface area contributed by atoms with E-state index >= 15 is 0 Å². The molecule has 8 heterocycles. The van der Waals surface area contributed by atoms with Crippen molar-refractivity contribution in [2.24, 2.45) is 0 Å². The molecule has 4 aliphatic carbocycles. The summed E-state index contributed by atoms with van der Waals surface area (Å²) in [7, 11) is 0. The second kappa shape index (κ2) is 29.8. The van der Waals surface area contributed by atoms with Crippen LogP contribution in [0.1, 0.15) is 105 Å². The molecule has 4 aliphatic rings. The fourth-order valence-corrected chi connectivity index (χ4v) is 19.0. The van der Waals surface area contributed by atoms with Gasteiger partial charge in [-0.25, -0.2) is 37.9 Å². The number of nitrogens with zero attached hydrogens (tertiary/aromatic N) is 16. The Balaban J connectivity index is 0.676. The van der Waals surface area contributed by atoms with E-state index in [2.05, 4.69) is 158 Å². The van der Waals surface area contributed by atoms with E-state index in [-0.39, 0.29) is 21.7 Å². The minimum absolute atomic E-state index is 0.299. The lowest BCUT2D eigenvalue weighted by atomic mass is 9.32. The van der Waals surface area contributed by atoms with Gasteiger partial charge in [0.05, 0.1) is 99.9 Å². The van der Waals surface area contributed by atoms with Gasteiger partial charge in [0, 0.05) is 71.3 Å². The van der Waals surface area contributed by atoms with Crippen LogP contribution in [0.3, 0.4) is 0 Å². The highest BCUT2D eigenvalue weighted by atomic mass is 16.2. The van der Waals surface area contributed by atoms with Crippen LogP contribution in [0.2, 0.25) is 0 Å². The highest BCUT2D eigenvalue weighted by Crippen LogP contribution is 2.75. The first kappa shape index (κ1) is 73.2. The highest BCUT2D eigenvalue weighted by Gasteiger charge is 2.69. The standard InChI is InChI=1S/C90H76N20O8/c111-79-33-37-103(83(115)95-79)45-59-1-9-63(10-2-59)49-107-75(41-91-99-107)67-17-25-71(26-18-67)87-53-88(72-27-19-68(20-28-72)76-42-92-100-108(76)50-64-11-3-60(4-12-64)46-104-38-34-80(112)96-84(104)116)56-89(54-87,73-29-21-69(22-30-73)77-43-93-101-109(77)51-65-13-5-61(6-14-65)47-105-39-35-81(113)97-85(105)117)58-90(55-87,57-88)74-31-23-70(24-32-74)78-44-94-102-110(78)52-66-15-7-62(8-16-66)48-106-40-36-82(114)98-86(106)118/h1-44H,45-58H2,(H,95,111,115)(H,96,112,116)(H,97,113,117)(H,98,114,118). The highest BCUT2D eigenvalue weighted by molar-refractivity contribution is 5.65. The molecule has 4 saturated carbocycles. The minimum Gasteiger partial charge on any atom is -0.296 e. The van der Waals surface area contributed by atoms with E-state index in [0.717, 1.165) is 128 Å². The van der Waals surface area contributed by atoms with Crippen molar-refractivity contribution in [2.45, 2.75) is 113 Å². The molecule has 16 aromatic rings. The van der Waals surface area contributed by atoms with Crippen molar-refractivity contribution < 1.29 is 0 Å². The molecule has 20 rings (SSSR count). The van der Waals surface area contributed by atoms with Crippen LogP contribution in [0, 0.1) is 0 Å². The third-order valence-electron chi connectivity index (χ3n) is 24.1. The van der Waals surface area contributed by atoms with Crippen LogP contribution >= 0.6 is 0 Å². The van der Waals surface area contributed by atoms with E-state index in [0.29, 0.717) is 52.4 Å². The molecule has 0 spiro atoms. The first-order valence-corrected chi connectivity index (χ1v) is 38.9. The summed E-state index contributed by atoms with van der Waals surface area (Å²) >= 11 is 0. The lowest BCUT2D eigenvalue weighted by Gasteiger charge is -2.71. The summed E-state index contributed by atoms with van der Waals surface area (Å²) < 4.78 is 13.5. The molecule has 4 bridgehead atoms.